The first-order valence-corrected chi connectivity index (χ1v) is 12.1. The lowest BCUT2D eigenvalue weighted by molar-refractivity contribution is 0.145. The van der Waals surface area contributed by atoms with Crippen molar-refractivity contribution >= 4 is 45.7 Å². The zero-order valence-corrected chi connectivity index (χ0v) is 20.6. The summed E-state index contributed by atoms with van der Waals surface area (Å²) in [4.78, 5) is 23.9. The Bertz CT molecular complexity index is 1570. The van der Waals surface area contributed by atoms with Crippen LogP contribution in [0.15, 0.2) is 47.4 Å². The first-order valence-electron chi connectivity index (χ1n) is 11.4. The Morgan fingerprint density at radius 1 is 1.14 bits per heavy atom. The van der Waals surface area contributed by atoms with Crippen molar-refractivity contribution in [2.75, 3.05) is 18.9 Å². The SMILES string of the molecule is CN1Cc2cc(Nc3ncc4c(=O)n(-c5c(Cl)cccc5Cl)nc(C(F)F)c4n3)ccc2C2(CC2)C1. The molecule has 36 heavy (non-hydrogen) atoms. The van der Waals surface area contributed by atoms with Gasteiger partial charge in [-0.2, -0.15) is 9.78 Å². The third-order valence-electron chi connectivity index (χ3n) is 6.82. The van der Waals surface area contributed by atoms with E-state index in [0.717, 1.165) is 23.5 Å². The van der Waals surface area contributed by atoms with E-state index in [4.69, 9.17) is 23.2 Å². The number of nitrogens with zero attached hydrogens (tertiary/aromatic N) is 5. The third kappa shape index (κ3) is 3.82. The lowest BCUT2D eigenvalue weighted by atomic mass is 9.87. The highest BCUT2D eigenvalue weighted by Crippen LogP contribution is 2.52. The number of nitrogens with one attached hydrogen (secondary N) is 1. The predicted molar refractivity (Wildman–Crippen MR) is 135 cm³/mol. The summed E-state index contributed by atoms with van der Waals surface area (Å²) in [6.45, 7) is 1.88. The summed E-state index contributed by atoms with van der Waals surface area (Å²) < 4.78 is 28.9. The van der Waals surface area contributed by atoms with Crippen LogP contribution in [0.3, 0.4) is 0 Å². The smallest absolute Gasteiger partial charge is 0.284 e. The van der Waals surface area contributed by atoms with Gasteiger partial charge in [-0.05, 0) is 55.3 Å². The summed E-state index contributed by atoms with van der Waals surface area (Å²) in [5.74, 6) is 0.0874. The van der Waals surface area contributed by atoms with E-state index >= 15 is 0 Å². The second-order valence-electron chi connectivity index (χ2n) is 9.38. The molecule has 1 saturated carbocycles. The van der Waals surface area contributed by atoms with Crippen molar-refractivity contribution in [3.05, 3.63) is 79.8 Å². The van der Waals surface area contributed by atoms with E-state index in [2.05, 4.69) is 38.4 Å². The van der Waals surface area contributed by atoms with Gasteiger partial charge >= 0.3 is 0 Å². The highest BCUT2D eigenvalue weighted by atomic mass is 35.5. The molecule has 0 amide bonds. The van der Waals surface area contributed by atoms with Crippen molar-refractivity contribution in [1.29, 1.82) is 0 Å². The van der Waals surface area contributed by atoms with E-state index in [1.165, 1.54) is 42.3 Å². The average Bonchev–Trinajstić information content (AvgIpc) is 3.59. The first-order chi connectivity index (χ1) is 17.3. The first kappa shape index (κ1) is 23.3. The number of halogens is 4. The molecule has 2 aromatic carbocycles. The van der Waals surface area contributed by atoms with Gasteiger partial charge in [0, 0.05) is 30.4 Å². The number of para-hydroxylation sites is 1. The van der Waals surface area contributed by atoms with E-state index in [1.54, 1.807) is 6.07 Å². The fourth-order valence-corrected chi connectivity index (χ4v) is 5.63. The minimum absolute atomic E-state index is 0.0179. The Hall–Kier alpha value is -3.14. The normalized spacial score (nSPS) is 16.5. The van der Waals surface area contributed by atoms with E-state index < -0.39 is 17.7 Å². The summed E-state index contributed by atoms with van der Waals surface area (Å²) >= 11 is 12.4. The Labute approximate surface area is 214 Å². The Balaban J connectivity index is 1.42. The number of aromatic nitrogens is 4. The van der Waals surface area contributed by atoms with Crippen LogP contribution in [0.5, 0.6) is 0 Å². The number of hydrogen-bond acceptors (Lipinski definition) is 6. The van der Waals surface area contributed by atoms with Gasteiger partial charge < -0.3 is 10.2 Å². The van der Waals surface area contributed by atoms with Crippen molar-refractivity contribution in [3.63, 3.8) is 0 Å². The lowest BCUT2D eigenvalue weighted by Crippen LogP contribution is -2.35. The Morgan fingerprint density at radius 3 is 2.58 bits per heavy atom. The van der Waals surface area contributed by atoms with Crippen LogP contribution in [-0.2, 0) is 12.0 Å². The van der Waals surface area contributed by atoms with Gasteiger partial charge in [0.15, 0.2) is 5.69 Å². The molecule has 11 heteroatoms. The molecule has 1 N–H and O–H groups in total. The largest absolute Gasteiger partial charge is 0.324 e. The molecular weight excluding hydrogens is 509 g/mol. The van der Waals surface area contributed by atoms with Gasteiger partial charge in [-0.25, -0.2) is 18.7 Å². The van der Waals surface area contributed by atoms with Gasteiger partial charge in [0.05, 0.1) is 15.4 Å². The molecule has 0 saturated heterocycles. The molecule has 184 valence electrons. The van der Waals surface area contributed by atoms with Crippen molar-refractivity contribution < 1.29 is 8.78 Å². The number of benzene rings is 2. The molecule has 1 fully saturated rings. The van der Waals surface area contributed by atoms with Gasteiger partial charge in [-0.1, -0.05) is 35.3 Å². The fourth-order valence-electron chi connectivity index (χ4n) is 5.07. The maximum Gasteiger partial charge on any atom is 0.284 e. The number of anilines is 2. The van der Waals surface area contributed by atoms with Crippen molar-refractivity contribution in [2.24, 2.45) is 0 Å². The van der Waals surface area contributed by atoms with Crippen LogP contribution in [0.25, 0.3) is 16.6 Å². The molecule has 1 spiro atoms. The number of likely N-dealkylation sites (N-methyl/N-ethyl adjacent to an activating group) is 1. The fraction of sp³-hybridized carbons (Fsp3) is 0.280. The van der Waals surface area contributed by atoms with Crippen LogP contribution in [0.4, 0.5) is 20.4 Å². The number of hydrogen-bond donors (Lipinski definition) is 1. The topological polar surface area (TPSA) is 75.9 Å². The Kier molecular flexibility index (Phi) is 5.47. The standard InChI is InChI=1S/C25H20Cl2F2N6O/c1-34-11-13-9-14(5-6-16(13)25(12-34)7-8-25)31-24-30-10-15-19(32-24)20(22(28)29)33-35(23(15)36)21-17(26)3-2-4-18(21)27/h2-6,9-10,22H,7-8,11-12H2,1H3,(H,30,31,32). The van der Waals surface area contributed by atoms with E-state index in [0.29, 0.717) is 0 Å². The molecule has 0 radical (unpaired) electrons. The average molecular weight is 529 g/mol. The molecule has 0 unspecified atom stereocenters. The molecule has 2 aliphatic rings. The molecule has 7 nitrogen and oxygen atoms in total. The predicted octanol–water partition coefficient (Wildman–Crippen LogP) is 5.64. The monoisotopic (exact) mass is 528 g/mol. The minimum Gasteiger partial charge on any atom is -0.324 e. The van der Waals surface area contributed by atoms with E-state index in [9.17, 15) is 13.6 Å². The zero-order valence-electron chi connectivity index (χ0n) is 19.1. The number of alkyl halides is 2. The van der Waals surface area contributed by atoms with Crippen molar-refractivity contribution in [3.8, 4) is 5.69 Å². The van der Waals surface area contributed by atoms with Crippen molar-refractivity contribution in [2.45, 2.75) is 31.2 Å². The van der Waals surface area contributed by atoms with Crippen LogP contribution in [0.2, 0.25) is 10.0 Å². The molecular formula is C25H20Cl2F2N6O. The molecule has 6 rings (SSSR count). The summed E-state index contributed by atoms with van der Waals surface area (Å²) in [5.41, 5.74) is 1.99. The van der Waals surface area contributed by atoms with Crippen LogP contribution in [-0.4, -0.2) is 38.2 Å². The Morgan fingerprint density at radius 2 is 1.89 bits per heavy atom. The molecule has 1 aliphatic heterocycles. The van der Waals surface area contributed by atoms with Crippen LogP contribution >= 0.6 is 23.2 Å². The van der Waals surface area contributed by atoms with Gasteiger partial charge in [-0.3, -0.25) is 4.79 Å². The summed E-state index contributed by atoms with van der Waals surface area (Å²) in [6, 6.07) is 10.7. The quantitative estimate of drug-likeness (QED) is 0.369. The molecule has 1 aliphatic carbocycles. The molecule has 4 aromatic rings. The van der Waals surface area contributed by atoms with Gasteiger partial charge in [0.1, 0.15) is 11.2 Å². The minimum atomic E-state index is -3.00. The third-order valence-corrected chi connectivity index (χ3v) is 7.43. The molecule has 3 heterocycles. The highest BCUT2D eigenvalue weighted by Gasteiger charge is 2.48. The second kappa shape index (κ2) is 8.47. The second-order valence-corrected chi connectivity index (χ2v) is 10.2. The molecule has 0 atom stereocenters. The maximum absolute atomic E-state index is 14.1. The highest BCUT2D eigenvalue weighted by molar-refractivity contribution is 6.37. The van der Waals surface area contributed by atoms with E-state index in [-0.39, 0.29) is 38.0 Å². The zero-order chi connectivity index (χ0) is 25.2. The number of rotatable bonds is 4. The summed E-state index contributed by atoms with van der Waals surface area (Å²) in [5, 5.41) is 7.06. The lowest BCUT2D eigenvalue weighted by Gasteiger charge is -2.32. The number of fused-ring (bicyclic) bond motifs is 3. The summed E-state index contributed by atoms with van der Waals surface area (Å²) in [7, 11) is 2.11. The summed E-state index contributed by atoms with van der Waals surface area (Å²) in [6.07, 6.45) is 0.585. The molecule has 2 aromatic heterocycles. The van der Waals surface area contributed by atoms with Crippen molar-refractivity contribution in [1.82, 2.24) is 24.6 Å². The van der Waals surface area contributed by atoms with E-state index in [1.807, 2.05) is 12.1 Å². The van der Waals surface area contributed by atoms with Crippen LogP contribution < -0.4 is 10.9 Å². The maximum atomic E-state index is 14.1. The van der Waals surface area contributed by atoms with Crippen LogP contribution in [0.1, 0.15) is 36.1 Å². The van der Waals surface area contributed by atoms with Gasteiger partial charge in [-0.15, -0.1) is 0 Å². The van der Waals surface area contributed by atoms with Crippen LogP contribution in [0, 0.1) is 0 Å². The molecule has 0 bridgehead atoms. The van der Waals surface area contributed by atoms with Gasteiger partial charge in [0.25, 0.3) is 12.0 Å². The van der Waals surface area contributed by atoms with Gasteiger partial charge in [0.2, 0.25) is 5.95 Å².